The number of anilines is 2. The highest BCUT2D eigenvalue weighted by molar-refractivity contribution is 6.26. The third-order valence-electron chi connectivity index (χ3n) is 4.91. The van der Waals surface area contributed by atoms with Crippen LogP contribution < -0.4 is 16.0 Å². The predicted octanol–water partition coefficient (Wildman–Crippen LogP) is 2.16. The van der Waals surface area contributed by atoms with Gasteiger partial charge in [0.2, 0.25) is 5.78 Å². The monoisotopic (exact) mass is 428 g/mol. The van der Waals surface area contributed by atoms with Crippen molar-refractivity contribution >= 4 is 23.1 Å². The highest BCUT2D eigenvalue weighted by atomic mass is 19.1. The number of fused-ring (bicyclic) bond motifs is 1. The average Bonchev–Trinajstić information content (AvgIpc) is 3.02. The Morgan fingerprint density at radius 3 is 2.55 bits per heavy atom. The summed E-state index contributed by atoms with van der Waals surface area (Å²) in [5.74, 6) is -1.87. The van der Waals surface area contributed by atoms with Crippen LogP contribution in [0.4, 0.5) is 15.8 Å². The smallest absolute Gasteiger partial charge is 0.258 e. The molecule has 3 rings (SSSR count). The lowest BCUT2D eigenvalue weighted by atomic mass is 10.0. The highest BCUT2D eigenvalue weighted by Crippen LogP contribution is 2.33. The molecule has 0 unspecified atom stereocenters. The van der Waals surface area contributed by atoms with Crippen molar-refractivity contribution in [3.8, 4) is 0 Å². The number of carbonyl (C=O) groups excluding carboxylic acids is 2. The molecule has 31 heavy (non-hydrogen) atoms. The minimum Gasteiger partial charge on any atom is -0.515 e. The van der Waals surface area contributed by atoms with Gasteiger partial charge in [0, 0.05) is 37.3 Å². The number of ketones is 1. The van der Waals surface area contributed by atoms with E-state index in [1.54, 1.807) is 25.3 Å². The molecule has 9 heteroatoms. The Kier molecular flexibility index (Phi) is 7.19. The van der Waals surface area contributed by atoms with E-state index >= 15 is 0 Å². The van der Waals surface area contributed by atoms with Crippen LogP contribution in [0.1, 0.15) is 35.0 Å². The second-order valence-corrected chi connectivity index (χ2v) is 7.32. The van der Waals surface area contributed by atoms with Crippen LogP contribution in [0, 0.1) is 5.82 Å². The van der Waals surface area contributed by atoms with E-state index in [4.69, 9.17) is 5.11 Å². The number of benzene rings is 1. The number of hydrogen-bond donors (Lipinski definition) is 5. The van der Waals surface area contributed by atoms with Gasteiger partial charge in [-0.1, -0.05) is 12.1 Å². The number of Topliss-reactive ketones (excluding diaryl/α,β-unsaturated/α-hetero) is 1. The fourth-order valence-corrected chi connectivity index (χ4v) is 3.26. The number of aliphatic hydroxyl groups excluding tert-OH is 2. The average molecular weight is 428 g/mol. The Hall–Kier alpha value is -3.46. The van der Waals surface area contributed by atoms with Crippen molar-refractivity contribution in [3.63, 3.8) is 0 Å². The van der Waals surface area contributed by atoms with Gasteiger partial charge in [-0.15, -0.1) is 0 Å². The summed E-state index contributed by atoms with van der Waals surface area (Å²) in [6.45, 7) is 2.52. The van der Waals surface area contributed by atoms with E-state index in [1.165, 1.54) is 12.1 Å². The molecule has 0 fully saturated rings. The van der Waals surface area contributed by atoms with E-state index in [0.29, 0.717) is 37.1 Å². The van der Waals surface area contributed by atoms with Crippen LogP contribution in [0.2, 0.25) is 0 Å². The Morgan fingerprint density at radius 1 is 1.23 bits per heavy atom. The summed E-state index contributed by atoms with van der Waals surface area (Å²) < 4.78 is 13.2. The topological polar surface area (TPSA) is 124 Å². The van der Waals surface area contributed by atoms with Gasteiger partial charge in [-0.3, -0.25) is 14.6 Å². The molecule has 0 saturated heterocycles. The summed E-state index contributed by atoms with van der Waals surface area (Å²) in [7, 11) is 0. The van der Waals surface area contributed by atoms with E-state index in [9.17, 15) is 19.1 Å². The molecule has 5 N–H and O–H groups in total. The quantitative estimate of drug-likeness (QED) is 0.151. The molecule has 1 atom stereocenters. The van der Waals surface area contributed by atoms with Crippen LogP contribution in [0.25, 0.3) is 0 Å². The van der Waals surface area contributed by atoms with Crippen molar-refractivity contribution < 1.29 is 24.2 Å². The van der Waals surface area contributed by atoms with Gasteiger partial charge < -0.3 is 26.2 Å². The molecular weight excluding hydrogens is 403 g/mol. The Morgan fingerprint density at radius 2 is 1.90 bits per heavy atom. The summed E-state index contributed by atoms with van der Waals surface area (Å²) in [5, 5.41) is 27.6. The molecule has 164 valence electrons. The molecule has 8 nitrogen and oxygen atoms in total. The van der Waals surface area contributed by atoms with Gasteiger partial charge in [-0.25, -0.2) is 4.39 Å². The van der Waals surface area contributed by atoms with Gasteiger partial charge in [0.15, 0.2) is 0 Å². The summed E-state index contributed by atoms with van der Waals surface area (Å²) in [5.41, 5.74) is 2.34. The fraction of sp³-hybridized carbons (Fsp3) is 0.318. The number of aromatic nitrogens is 1. The van der Waals surface area contributed by atoms with Crippen LogP contribution >= 0.6 is 0 Å². The lowest BCUT2D eigenvalue weighted by Crippen LogP contribution is -2.37. The third kappa shape index (κ3) is 5.18. The maximum Gasteiger partial charge on any atom is 0.258 e. The second kappa shape index (κ2) is 10.0. The normalized spacial score (nSPS) is 14.5. The molecule has 1 amide bonds. The van der Waals surface area contributed by atoms with Crippen LogP contribution in [0.3, 0.4) is 0 Å². The van der Waals surface area contributed by atoms with E-state index in [0.717, 1.165) is 17.5 Å². The van der Waals surface area contributed by atoms with Gasteiger partial charge in [0.05, 0.1) is 24.2 Å². The first kappa shape index (κ1) is 22.2. The van der Waals surface area contributed by atoms with Gasteiger partial charge >= 0.3 is 0 Å². The molecule has 1 aromatic carbocycles. The van der Waals surface area contributed by atoms with Crippen molar-refractivity contribution in [3.05, 3.63) is 64.9 Å². The fourth-order valence-electron chi connectivity index (χ4n) is 3.26. The minimum atomic E-state index is -0.804. The molecule has 2 heterocycles. The zero-order valence-corrected chi connectivity index (χ0v) is 17.1. The second-order valence-electron chi connectivity index (χ2n) is 7.32. The van der Waals surface area contributed by atoms with Crippen LogP contribution in [0.15, 0.2) is 42.3 Å². The number of amides is 1. The molecule has 0 spiro atoms. The molecule has 1 aliphatic rings. The number of hydrogen-bond acceptors (Lipinski definition) is 7. The summed E-state index contributed by atoms with van der Waals surface area (Å²) in [6.07, 6.45) is 3.26. The van der Waals surface area contributed by atoms with Crippen LogP contribution in [-0.4, -0.2) is 52.6 Å². The Balaban J connectivity index is 1.96. The molecule has 1 aliphatic heterocycles. The lowest BCUT2D eigenvalue weighted by molar-refractivity contribution is -0.118. The van der Waals surface area contributed by atoms with Crippen molar-refractivity contribution in [2.45, 2.75) is 25.8 Å². The van der Waals surface area contributed by atoms with Crippen molar-refractivity contribution in [1.29, 1.82) is 0 Å². The number of nitrogens with zero attached hydrogens (tertiary/aromatic N) is 1. The maximum absolute atomic E-state index is 13.2. The van der Waals surface area contributed by atoms with Crippen molar-refractivity contribution in [2.75, 3.05) is 30.3 Å². The summed E-state index contributed by atoms with van der Waals surface area (Å²) in [6, 6.07) is 5.55. The van der Waals surface area contributed by atoms with Crippen LogP contribution in [0.5, 0.6) is 0 Å². The molecule has 2 aromatic rings. The maximum atomic E-state index is 13.2. The number of pyridine rings is 1. The highest BCUT2D eigenvalue weighted by Gasteiger charge is 2.28. The molecule has 0 aliphatic carbocycles. The molecule has 0 radical (unpaired) electrons. The molecule has 1 aromatic heterocycles. The van der Waals surface area contributed by atoms with Gasteiger partial charge in [-0.2, -0.15) is 0 Å². The summed E-state index contributed by atoms with van der Waals surface area (Å²) in [4.78, 5) is 29.7. The largest absolute Gasteiger partial charge is 0.515 e. The van der Waals surface area contributed by atoms with Gasteiger partial charge in [0.25, 0.3) is 5.91 Å². The number of carbonyl (C=O) groups is 2. The Bertz CT molecular complexity index is 992. The lowest BCUT2D eigenvalue weighted by Gasteiger charge is -2.18. The van der Waals surface area contributed by atoms with Crippen LogP contribution in [-0.2, 0) is 11.2 Å². The van der Waals surface area contributed by atoms with Crippen molar-refractivity contribution in [2.24, 2.45) is 0 Å². The number of rotatable bonds is 7. The van der Waals surface area contributed by atoms with Crippen molar-refractivity contribution in [1.82, 2.24) is 10.3 Å². The predicted molar refractivity (Wildman–Crippen MR) is 115 cm³/mol. The standard InChI is InChI=1S/C22H25FN4O4/c1-13(11-28)27-22(31)17(12-29)21(30)20-19-18(24-7-2-8-25-19)15(10-26-20)9-14-3-5-16(23)6-4-14/h3-6,10,12-13,24-25,28-29H,2,7-9,11H2,1H3,(H,27,31)/t13-/m0/s1. The zero-order valence-electron chi connectivity index (χ0n) is 17.1. The minimum absolute atomic E-state index is 0.000595. The molecule has 0 bridgehead atoms. The first-order chi connectivity index (χ1) is 14.9. The van der Waals surface area contributed by atoms with E-state index < -0.39 is 23.3 Å². The third-order valence-corrected chi connectivity index (χ3v) is 4.91. The molecular formula is C22H25FN4O4. The first-order valence-corrected chi connectivity index (χ1v) is 9.99. The summed E-state index contributed by atoms with van der Waals surface area (Å²) >= 11 is 0. The van der Waals surface area contributed by atoms with Gasteiger partial charge in [0.1, 0.15) is 17.1 Å². The van der Waals surface area contributed by atoms with E-state index in [2.05, 4.69) is 20.9 Å². The number of aliphatic hydroxyl groups is 2. The SMILES string of the molecule is C[C@@H](CO)NC(=O)C(=CO)C(=O)c1ncc(Cc2ccc(F)cc2)c2c1NCCCN2. The van der Waals surface area contributed by atoms with E-state index in [1.807, 2.05) is 0 Å². The zero-order chi connectivity index (χ0) is 22.4. The molecule has 0 saturated carbocycles. The number of halogens is 1. The van der Waals surface area contributed by atoms with E-state index in [-0.39, 0.29) is 18.1 Å². The Labute approximate surface area is 179 Å². The number of nitrogens with one attached hydrogen (secondary N) is 3. The first-order valence-electron chi connectivity index (χ1n) is 9.99. The van der Waals surface area contributed by atoms with Gasteiger partial charge in [-0.05, 0) is 31.0 Å².